The molecule has 0 radical (unpaired) electrons. The number of hydrogen-bond donors (Lipinski definition) is 1. The van der Waals surface area contributed by atoms with Crippen LogP contribution >= 0.6 is 11.6 Å². The van der Waals surface area contributed by atoms with Crippen LogP contribution in [-0.2, 0) is 9.59 Å². The second kappa shape index (κ2) is 9.81. The first-order valence-corrected chi connectivity index (χ1v) is 13.7. The first-order valence-electron chi connectivity index (χ1n) is 13.4. The van der Waals surface area contributed by atoms with Crippen molar-refractivity contribution < 1.29 is 19.2 Å². The summed E-state index contributed by atoms with van der Waals surface area (Å²) >= 11 is 6.45. The number of nitrogens with zero attached hydrogens (tertiary/aromatic N) is 1. The standard InChI is InChI=1S/C30H36ClNO4/c1-15(2)9-18-11-20(12-18)29-26(19-6-7-19)27(32-36-29)23-13-21(30(34)35)14-24(23)28(33)17(4)22-8-5-16(3)10-25(22)31/h5,8,10,15,18-21,23-24H,4,6-7,9,11-14H2,1-3H3,(H,34,35)/t18-,20+,21?,23-,24?/m1/s1. The maximum atomic E-state index is 13.8. The molecule has 3 aliphatic rings. The van der Waals surface area contributed by atoms with Crippen LogP contribution in [-0.4, -0.2) is 22.0 Å². The van der Waals surface area contributed by atoms with Crippen molar-refractivity contribution in [3.8, 4) is 0 Å². The van der Waals surface area contributed by atoms with E-state index in [9.17, 15) is 14.7 Å². The molecule has 3 aliphatic carbocycles. The normalized spacial score (nSPS) is 27.8. The zero-order valence-electron chi connectivity index (χ0n) is 21.4. The van der Waals surface area contributed by atoms with Gasteiger partial charge >= 0.3 is 5.97 Å². The SMILES string of the molecule is C=C(C(=O)C1CC(C(=O)O)C[C@H]1c1noc([C@H]2C[C@@H](CC(C)C)C2)c1C1CC1)c1ccc(C)cc1Cl. The molecule has 3 fully saturated rings. The number of aliphatic carboxylic acids is 1. The monoisotopic (exact) mass is 509 g/mol. The molecule has 6 heteroatoms. The molecule has 3 saturated carbocycles. The summed E-state index contributed by atoms with van der Waals surface area (Å²) in [5.41, 5.74) is 3.96. The number of Topliss-reactive ketones (excluding diaryl/α,β-unsaturated/α-hetero) is 1. The van der Waals surface area contributed by atoms with Crippen LogP contribution in [0.15, 0.2) is 29.3 Å². The highest BCUT2D eigenvalue weighted by molar-refractivity contribution is 6.35. The van der Waals surface area contributed by atoms with Crippen molar-refractivity contribution in [1.29, 1.82) is 0 Å². The number of allylic oxidation sites excluding steroid dienone is 1. The first-order chi connectivity index (χ1) is 17.1. The second-order valence-electron chi connectivity index (χ2n) is 11.8. The molecule has 1 heterocycles. The summed E-state index contributed by atoms with van der Waals surface area (Å²) in [5.74, 6) is 0.864. The fraction of sp³-hybridized carbons (Fsp3) is 0.567. The van der Waals surface area contributed by atoms with Gasteiger partial charge in [0.05, 0.1) is 11.6 Å². The minimum atomic E-state index is -0.860. The first kappa shape index (κ1) is 25.3. The number of carboxylic acid groups (broad SMARTS) is 1. The zero-order valence-corrected chi connectivity index (χ0v) is 22.2. The second-order valence-corrected chi connectivity index (χ2v) is 12.2. The number of carboxylic acids is 1. The molecule has 192 valence electrons. The van der Waals surface area contributed by atoms with Crippen LogP contribution in [0.1, 0.15) is 105 Å². The predicted octanol–water partition coefficient (Wildman–Crippen LogP) is 7.53. The van der Waals surface area contributed by atoms with Crippen molar-refractivity contribution >= 4 is 28.9 Å². The Morgan fingerprint density at radius 1 is 1.17 bits per heavy atom. The Hall–Kier alpha value is -2.40. The molecule has 0 aliphatic heterocycles. The Morgan fingerprint density at radius 2 is 1.89 bits per heavy atom. The molecular weight excluding hydrogens is 474 g/mol. The number of aromatic nitrogens is 1. The number of benzene rings is 1. The molecule has 3 atom stereocenters. The van der Waals surface area contributed by atoms with E-state index in [1.807, 2.05) is 25.1 Å². The summed E-state index contributed by atoms with van der Waals surface area (Å²) in [6.45, 7) is 10.6. The summed E-state index contributed by atoms with van der Waals surface area (Å²) in [7, 11) is 0. The van der Waals surface area contributed by atoms with Gasteiger partial charge in [-0.1, -0.05) is 49.3 Å². The van der Waals surface area contributed by atoms with Gasteiger partial charge in [0.1, 0.15) is 5.76 Å². The van der Waals surface area contributed by atoms with Crippen LogP contribution in [0.5, 0.6) is 0 Å². The Balaban J connectivity index is 1.44. The summed E-state index contributed by atoms with van der Waals surface area (Å²) in [6.07, 6.45) is 6.37. The Bertz CT molecular complexity index is 1190. The average molecular weight is 510 g/mol. The fourth-order valence-corrected chi connectivity index (χ4v) is 6.88. The van der Waals surface area contributed by atoms with Gasteiger partial charge in [0, 0.05) is 39.5 Å². The third-order valence-corrected chi connectivity index (χ3v) is 8.84. The number of carbonyl (C=O) groups is 2. The highest BCUT2D eigenvalue weighted by atomic mass is 35.5. The number of aryl methyl sites for hydroxylation is 1. The highest BCUT2D eigenvalue weighted by Gasteiger charge is 2.48. The lowest BCUT2D eigenvalue weighted by atomic mass is 9.69. The number of ketones is 1. The fourth-order valence-electron chi connectivity index (χ4n) is 6.53. The van der Waals surface area contributed by atoms with Crippen LogP contribution in [0.3, 0.4) is 0 Å². The number of rotatable bonds is 9. The molecule has 2 aromatic rings. The van der Waals surface area contributed by atoms with Gasteiger partial charge in [0.2, 0.25) is 0 Å². The van der Waals surface area contributed by atoms with E-state index < -0.39 is 17.8 Å². The Morgan fingerprint density at radius 3 is 2.50 bits per heavy atom. The summed E-state index contributed by atoms with van der Waals surface area (Å²) in [4.78, 5) is 25.8. The lowest BCUT2D eigenvalue weighted by molar-refractivity contribution is -0.141. The predicted molar refractivity (Wildman–Crippen MR) is 140 cm³/mol. The summed E-state index contributed by atoms with van der Waals surface area (Å²) in [6, 6.07) is 5.55. The summed E-state index contributed by atoms with van der Waals surface area (Å²) in [5, 5.41) is 14.9. The van der Waals surface area contributed by atoms with Crippen molar-refractivity contribution in [3.05, 3.63) is 57.9 Å². The highest BCUT2D eigenvalue weighted by Crippen LogP contribution is 2.55. The average Bonchev–Trinajstić information content (AvgIpc) is 3.37. The molecule has 5 rings (SSSR count). The van der Waals surface area contributed by atoms with Crippen LogP contribution in [0.25, 0.3) is 5.57 Å². The van der Waals surface area contributed by atoms with Crippen LogP contribution < -0.4 is 0 Å². The third kappa shape index (κ3) is 4.79. The quantitative estimate of drug-likeness (QED) is 0.353. The van der Waals surface area contributed by atoms with E-state index in [2.05, 4.69) is 25.6 Å². The molecule has 1 N–H and O–H groups in total. The van der Waals surface area contributed by atoms with Crippen LogP contribution in [0.4, 0.5) is 0 Å². The van der Waals surface area contributed by atoms with Gasteiger partial charge in [-0.3, -0.25) is 9.59 Å². The lowest BCUT2D eigenvalue weighted by Crippen LogP contribution is -2.24. The lowest BCUT2D eigenvalue weighted by Gasteiger charge is -2.35. The Labute approximate surface area is 218 Å². The molecule has 0 amide bonds. The molecule has 0 saturated heterocycles. The van der Waals surface area contributed by atoms with Crippen LogP contribution in [0, 0.1) is 30.6 Å². The van der Waals surface area contributed by atoms with E-state index in [4.69, 9.17) is 16.1 Å². The van der Waals surface area contributed by atoms with Crippen molar-refractivity contribution in [2.75, 3.05) is 0 Å². The largest absolute Gasteiger partial charge is 0.481 e. The van der Waals surface area contributed by atoms with Gasteiger partial charge in [-0.2, -0.15) is 0 Å². The minimum Gasteiger partial charge on any atom is -0.481 e. The van der Waals surface area contributed by atoms with E-state index in [0.717, 1.165) is 48.6 Å². The molecule has 5 nitrogen and oxygen atoms in total. The summed E-state index contributed by atoms with van der Waals surface area (Å²) < 4.78 is 6.02. The third-order valence-electron chi connectivity index (χ3n) is 8.53. The molecule has 1 aromatic heterocycles. The van der Waals surface area contributed by atoms with Gasteiger partial charge in [0.15, 0.2) is 5.78 Å². The smallest absolute Gasteiger partial charge is 0.306 e. The van der Waals surface area contributed by atoms with Gasteiger partial charge in [0.25, 0.3) is 0 Å². The number of carbonyl (C=O) groups excluding carboxylic acids is 1. The Kier molecular flexibility index (Phi) is 6.88. The van der Waals surface area contributed by atoms with Gasteiger partial charge < -0.3 is 9.63 Å². The van der Waals surface area contributed by atoms with Gasteiger partial charge in [-0.25, -0.2) is 0 Å². The number of halogens is 1. The molecule has 1 aromatic carbocycles. The molecule has 36 heavy (non-hydrogen) atoms. The molecule has 0 bridgehead atoms. The van der Waals surface area contributed by atoms with E-state index in [-0.39, 0.29) is 18.1 Å². The minimum absolute atomic E-state index is 0.138. The molecular formula is C30H36ClNO4. The van der Waals surface area contributed by atoms with E-state index >= 15 is 0 Å². The zero-order chi connectivity index (χ0) is 25.7. The van der Waals surface area contributed by atoms with Gasteiger partial charge in [-0.05, 0) is 81.3 Å². The molecule has 0 spiro atoms. The van der Waals surface area contributed by atoms with E-state index in [1.54, 1.807) is 0 Å². The van der Waals surface area contributed by atoms with Crippen molar-refractivity contribution in [2.45, 2.75) is 83.5 Å². The van der Waals surface area contributed by atoms with Crippen molar-refractivity contribution in [1.82, 2.24) is 5.16 Å². The molecule has 2 unspecified atom stereocenters. The van der Waals surface area contributed by atoms with Crippen molar-refractivity contribution in [3.63, 3.8) is 0 Å². The topological polar surface area (TPSA) is 80.4 Å². The maximum Gasteiger partial charge on any atom is 0.306 e. The van der Waals surface area contributed by atoms with E-state index in [1.165, 1.54) is 12.0 Å². The number of hydrogen-bond acceptors (Lipinski definition) is 4. The van der Waals surface area contributed by atoms with Crippen LogP contribution in [0.2, 0.25) is 5.02 Å². The van der Waals surface area contributed by atoms with Crippen molar-refractivity contribution in [2.24, 2.45) is 23.7 Å². The maximum absolute atomic E-state index is 13.8. The van der Waals surface area contributed by atoms with Gasteiger partial charge in [-0.15, -0.1) is 0 Å². The van der Waals surface area contributed by atoms with E-state index in [0.29, 0.717) is 40.3 Å².